The molecule has 4 rings (SSSR count). The fraction of sp³-hybridized carbons (Fsp3) is 0.571. The van der Waals surface area contributed by atoms with Crippen LogP contribution in [-0.2, 0) is 11.3 Å². The zero-order valence-corrected chi connectivity index (χ0v) is 19.3. The van der Waals surface area contributed by atoms with E-state index in [9.17, 15) is 9.59 Å². The van der Waals surface area contributed by atoms with Gasteiger partial charge in [0, 0.05) is 50.8 Å². The third kappa shape index (κ3) is 4.18. The number of nitrogens with zero attached hydrogens (tertiary/aromatic N) is 5. The minimum absolute atomic E-state index is 0.280. The van der Waals surface area contributed by atoms with E-state index in [-0.39, 0.29) is 5.91 Å². The molecule has 3 heterocycles. The molecule has 3 aliphatic rings. The summed E-state index contributed by atoms with van der Waals surface area (Å²) in [6.45, 7) is 9.80. The van der Waals surface area contributed by atoms with Gasteiger partial charge >= 0.3 is 6.03 Å². The Hall–Kier alpha value is -2.13. The van der Waals surface area contributed by atoms with Gasteiger partial charge in [-0.3, -0.25) is 15.0 Å². The average Bonchev–Trinajstić information content (AvgIpc) is 3.08. The summed E-state index contributed by atoms with van der Waals surface area (Å²) >= 11 is 3.48. The van der Waals surface area contributed by atoms with E-state index in [1.165, 1.54) is 4.90 Å². The van der Waals surface area contributed by atoms with Crippen molar-refractivity contribution in [2.45, 2.75) is 32.6 Å². The molecule has 3 amide bonds. The molecule has 30 heavy (non-hydrogen) atoms. The fourth-order valence-corrected chi connectivity index (χ4v) is 4.64. The van der Waals surface area contributed by atoms with Gasteiger partial charge in [-0.15, -0.1) is 0 Å². The number of rotatable bonds is 4. The van der Waals surface area contributed by atoms with Crippen LogP contribution < -0.4 is 5.32 Å². The first-order valence-electron chi connectivity index (χ1n) is 10.5. The number of hydrogen-bond donors (Lipinski definition) is 1. The summed E-state index contributed by atoms with van der Waals surface area (Å²) in [6, 6.07) is 7.19. The number of amides is 3. The van der Waals surface area contributed by atoms with Crippen molar-refractivity contribution in [2.75, 3.05) is 39.8 Å². The normalized spacial score (nSPS) is 25.0. The van der Waals surface area contributed by atoms with Gasteiger partial charge in [-0.25, -0.2) is 9.79 Å². The summed E-state index contributed by atoms with van der Waals surface area (Å²) in [5.74, 6) is 1.17. The lowest BCUT2D eigenvalue weighted by Crippen LogP contribution is -2.64. The number of likely N-dealkylation sites (N-methyl/N-ethyl adjacent to an activating group) is 1. The summed E-state index contributed by atoms with van der Waals surface area (Å²) in [4.78, 5) is 38.2. The molecular formula is C21H29BrN6O2. The molecule has 2 atom stereocenters. The molecule has 1 aromatic carbocycles. The van der Waals surface area contributed by atoms with Gasteiger partial charge in [-0.1, -0.05) is 41.9 Å². The number of guanidine groups is 1. The Morgan fingerprint density at radius 3 is 2.43 bits per heavy atom. The first-order valence-corrected chi connectivity index (χ1v) is 11.3. The van der Waals surface area contributed by atoms with Crippen LogP contribution in [-0.4, -0.2) is 89.5 Å². The molecule has 0 aliphatic carbocycles. The minimum Gasteiger partial charge on any atom is -0.340 e. The van der Waals surface area contributed by atoms with E-state index < -0.39 is 18.2 Å². The second kappa shape index (κ2) is 8.55. The number of fused-ring (bicyclic) bond motifs is 1. The van der Waals surface area contributed by atoms with Crippen molar-refractivity contribution < 1.29 is 9.59 Å². The van der Waals surface area contributed by atoms with Gasteiger partial charge < -0.3 is 14.7 Å². The van der Waals surface area contributed by atoms with Gasteiger partial charge in [-0.05, 0) is 23.6 Å². The van der Waals surface area contributed by atoms with Gasteiger partial charge in [0.05, 0.1) is 0 Å². The van der Waals surface area contributed by atoms with Crippen LogP contribution in [0.3, 0.4) is 0 Å². The molecule has 3 aliphatic heterocycles. The SMILES string of the molecule is CC(C)CN1CCN(C2=NC3C(C(=O)NC(=O)N3C)N2Cc2ccc(Br)cc2)CC1. The van der Waals surface area contributed by atoms with Crippen molar-refractivity contribution in [3.8, 4) is 0 Å². The molecule has 0 bridgehead atoms. The van der Waals surface area contributed by atoms with Crippen LogP contribution in [0.4, 0.5) is 4.79 Å². The molecule has 0 saturated carbocycles. The predicted octanol–water partition coefficient (Wildman–Crippen LogP) is 1.77. The Labute approximate surface area is 186 Å². The second-order valence-corrected chi connectivity index (χ2v) is 9.54. The number of benzene rings is 1. The van der Waals surface area contributed by atoms with Crippen molar-refractivity contribution >= 4 is 33.8 Å². The number of carbonyl (C=O) groups excluding carboxylic acids is 2. The largest absolute Gasteiger partial charge is 0.340 e. The topological polar surface area (TPSA) is 71.5 Å². The number of aliphatic imine (C=N–C) groups is 1. The molecule has 2 saturated heterocycles. The Morgan fingerprint density at radius 1 is 1.13 bits per heavy atom. The van der Waals surface area contributed by atoms with Crippen molar-refractivity contribution in [3.05, 3.63) is 34.3 Å². The number of carbonyl (C=O) groups is 2. The Bertz CT molecular complexity index is 834. The predicted molar refractivity (Wildman–Crippen MR) is 119 cm³/mol. The minimum atomic E-state index is -0.514. The van der Waals surface area contributed by atoms with Gasteiger partial charge in [0.15, 0.2) is 18.2 Å². The number of halogens is 1. The number of urea groups is 1. The van der Waals surface area contributed by atoms with Gasteiger partial charge in [0.2, 0.25) is 0 Å². The van der Waals surface area contributed by atoms with Crippen LogP contribution in [0.2, 0.25) is 0 Å². The van der Waals surface area contributed by atoms with Crippen LogP contribution in [0.15, 0.2) is 33.7 Å². The van der Waals surface area contributed by atoms with E-state index in [4.69, 9.17) is 4.99 Å². The van der Waals surface area contributed by atoms with E-state index in [0.29, 0.717) is 12.5 Å². The number of imide groups is 1. The summed E-state index contributed by atoms with van der Waals surface area (Å²) in [5.41, 5.74) is 1.09. The van der Waals surface area contributed by atoms with E-state index in [2.05, 4.69) is 49.8 Å². The first kappa shape index (κ1) is 21.1. The molecule has 0 radical (unpaired) electrons. The summed E-state index contributed by atoms with van der Waals surface area (Å²) in [6.07, 6.45) is -0.495. The van der Waals surface area contributed by atoms with Crippen molar-refractivity contribution in [3.63, 3.8) is 0 Å². The molecule has 8 nitrogen and oxygen atoms in total. The number of nitrogens with one attached hydrogen (secondary N) is 1. The van der Waals surface area contributed by atoms with Crippen molar-refractivity contribution in [1.82, 2.24) is 24.9 Å². The maximum atomic E-state index is 12.8. The van der Waals surface area contributed by atoms with Gasteiger partial charge in [-0.2, -0.15) is 0 Å². The lowest BCUT2D eigenvalue weighted by atomic mass is 10.1. The standard InChI is InChI=1S/C21H29BrN6O2/c1-14(2)12-26-8-10-27(11-9-26)20-23-18-17(19(29)24-21(30)25(18)3)28(20)13-15-4-6-16(22)7-5-15/h4-7,14,17-18H,8-13H2,1-3H3,(H,24,29,30). The average molecular weight is 477 g/mol. The summed E-state index contributed by atoms with van der Waals surface area (Å²) in [5, 5.41) is 2.48. The van der Waals surface area contributed by atoms with Crippen molar-refractivity contribution in [1.29, 1.82) is 0 Å². The lowest BCUT2D eigenvalue weighted by molar-refractivity contribution is -0.127. The monoisotopic (exact) mass is 476 g/mol. The van der Waals surface area contributed by atoms with Crippen LogP contribution in [0.25, 0.3) is 0 Å². The Morgan fingerprint density at radius 2 is 1.80 bits per heavy atom. The van der Waals surface area contributed by atoms with Crippen LogP contribution >= 0.6 is 15.9 Å². The van der Waals surface area contributed by atoms with Gasteiger partial charge in [0.1, 0.15) is 0 Å². The van der Waals surface area contributed by atoms with E-state index in [0.717, 1.165) is 48.7 Å². The molecule has 1 N–H and O–H groups in total. The Kier molecular flexibility index (Phi) is 6.02. The quantitative estimate of drug-likeness (QED) is 0.716. The first-order chi connectivity index (χ1) is 14.3. The molecule has 9 heteroatoms. The molecule has 162 valence electrons. The highest BCUT2D eigenvalue weighted by Crippen LogP contribution is 2.28. The van der Waals surface area contributed by atoms with Crippen LogP contribution in [0.5, 0.6) is 0 Å². The van der Waals surface area contributed by atoms with Crippen molar-refractivity contribution in [2.24, 2.45) is 10.9 Å². The highest BCUT2D eigenvalue weighted by molar-refractivity contribution is 9.10. The molecule has 0 aromatic heterocycles. The van der Waals surface area contributed by atoms with Gasteiger partial charge in [0.25, 0.3) is 5.91 Å². The van der Waals surface area contributed by atoms with Crippen LogP contribution in [0.1, 0.15) is 19.4 Å². The third-order valence-electron chi connectivity index (χ3n) is 5.88. The molecule has 1 aromatic rings. The molecule has 2 unspecified atom stereocenters. The van der Waals surface area contributed by atoms with E-state index in [1.54, 1.807) is 7.05 Å². The zero-order chi connectivity index (χ0) is 21.4. The molecule has 2 fully saturated rings. The number of piperazine rings is 1. The van der Waals surface area contributed by atoms with Crippen LogP contribution in [0, 0.1) is 5.92 Å². The Balaban J connectivity index is 1.58. The summed E-state index contributed by atoms with van der Waals surface area (Å²) in [7, 11) is 1.70. The second-order valence-electron chi connectivity index (χ2n) is 8.63. The highest BCUT2D eigenvalue weighted by atomic mass is 79.9. The molecular weight excluding hydrogens is 448 g/mol. The third-order valence-corrected chi connectivity index (χ3v) is 6.41. The lowest BCUT2D eigenvalue weighted by Gasteiger charge is -2.40. The maximum Gasteiger partial charge on any atom is 0.325 e. The fourth-order valence-electron chi connectivity index (χ4n) is 4.38. The zero-order valence-electron chi connectivity index (χ0n) is 17.7. The van der Waals surface area contributed by atoms with E-state index in [1.807, 2.05) is 24.3 Å². The summed E-state index contributed by atoms with van der Waals surface area (Å²) < 4.78 is 1.02. The smallest absolute Gasteiger partial charge is 0.325 e. The number of hydrogen-bond acceptors (Lipinski definition) is 6. The van der Waals surface area contributed by atoms with E-state index >= 15 is 0 Å². The highest BCUT2D eigenvalue weighted by Gasteiger charge is 2.49. The molecule has 0 spiro atoms. The maximum absolute atomic E-state index is 12.8.